The predicted octanol–water partition coefficient (Wildman–Crippen LogP) is 0.885. The summed E-state index contributed by atoms with van der Waals surface area (Å²) in [7, 11) is -3.32. The number of aliphatic hydroxyl groups excluding tert-OH is 1. The van der Waals surface area contributed by atoms with Crippen LogP contribution in [0.25, 0.3) is 0 Å². The van der Waals surface area contributed by atoms with Gasteiger partial charge in [-0.15, -0.1) is 0 Å². The van der Waals surface area contributed by atoms with Gasteiger partial charge in [-0.25, -0.2) is 8.42 Å². The van der Waals surface area contributed by atoms with Crippen LogP contribution in [0.2, 0.25) is 0 Å². The highest BCUT2D eigenvalue weighted by Gasteiger charge is 2.19. The first kappa shape index (κ1) is 14.3. The van der Waals surface area contributed by atoms with Gasteiger partial charge >= 0.3 is 0 Å². The lowest BCUT2D eigenvalue weighted by atomic mass is 10.1. The summed E-state index contributed by atoms with van der Waals surface area (Å²) in [4.78, 5) is 2.00. The van der Waals surface area contributed by atoms with Crippen molar-refractivity contribution in [2.75, 3.05) is 30.1 Å². The number of nitrogens with one attached hydrogen (secondary N) is 1. The molecule has 0 bridgehead atoms. The summed E-state index contributed by atoms with van der Waals surface area (Å²) in [5.74, 6) is 0.0502. The first-order valence-corrected chi connectivity index (χ1v) is 8.16. The fourth-order valence-electron chi connectivity index (χ4n) is 2.22. The molecule has 1 aromatic carbocycles. The molecule has 2 N–H and O–H groups in total. The zero-order chi connectivity index (χ0) is 13.7. The fourth-order valence-corrected chi connectivity index (χ4v) is 3.32. The zero-order valence-corrected chi connectivity index (χ0v) is 11.6. The first-order valence-electron chi connectivity index (χ1n) is 6.51. The third-order valence-electron chi connectivity index (χ3n) is 3.20. The van der Waals surface area contributed by atoms with Crippen LogP contribution in [-0.4, -0.2) is 49.9 Å². The van der Waals surface area contributed by atoms with Crippen LogP contribution in [0.5, 0.6) is 0 Å². The van der Waals surface area contributed by atoms with Crippen LogP contribution in [0.4, 0.5) is 5.69 Å². The minimum Gasteiger partial charge on any atom is -0.392 e. The Hall–Kier alpha value is -1.11. The van der Waals surface area contributed by atoms with Crippen molar-refractivity contribution in [2.24, 2.45) is 0 Å². The van der Waals surface area contributed by atoms with Gasteiger partial charge < -0.3 is 5.11 Å². The Morgan fingerprint density at radius 3 is 2.74 bits per heavy atom. The van der Waals surface area contributed by atoms with E-state index in [1.807, 2.05) is 11.0 Å². The van der Waals surface area contributed by atoms with Gasteiger partial charge in [0.2, 0.25) is 10.0 Å². The Labute approximate surface area is 114 Å². The van der Waals surface area contributed by atoms with E-state index in [4.69, 9.17) is 0 Å². The molecule has 0 radical (unpaired) electrons. The molecule has 106 valence electrons. The van der Waals surface area contributed by atoms with Gasteiger partial charge in [0, 0.05) is 18.8 Å². The lowest BCUT2D eigenvalue weighted by molar-refractivity contribution is 0.0741. The highest BCUT2D eigenvalue weighted by molar-refractivity contribution is 7.92. The number of β-amino-alcohol motifs (C(OH)–C–C–N with tert-alkyl or cyclic N) is 1. The number of aliphatic hydroxyl groups is 1. The predicted molar refractivity (Wildman–Crippen MR) is 75.5 cm³/mol. The van der Waals surface area contributed by atoms with Crippen LogP contribution in [0.15, 0.2) is 30.3 Å². The third kappa shape index (κ3) is 4.81. The van der Waals surface area contributed by atoms with Crippen molar-refractivity contribution in [3.63, 3.8) is 0 Å². The second-order valence-electron chi connectivity index (χ2n) is 4.88. The molecular weight excluding hydrogens is 264 g/mol. The number of para-hydroxylation sites is 1. The van der Waals surface area contributed by atoms with Crippen LogP contribution in [0, 0.1) is 0 Å². The van der Waals surface area contributed by atoms with E-state index in [0.717, 1.165) is 19.4 Å². The minimum atomic E-state index is -3.32. The molecule has 0 saturated carbocycles. The Balaban J connectivity index is 1.84. The van der Waals surface area contributed by atoms with Gasteiger partial charge in [-0.3, -0.25) is 9.62 Å². The van der Waals surface area contributed by atoms with Crippen LogP contribution >= 0.6 is 0 Å². The second kappa shape index (κ2) is 6.36. The Morgan fingerprint density at radius 2 is 2.05 bits per heavy atom. The average Bonchev–Trinajstić information content (AvgIpc) is 2.37. The molecule has 0 aliphatic carbocycles. The van der Waals surface area contributed by atoms with Crippen LogP contribution in [0.3, 0.4) is 0 Å². The number of rotatable bonds is 5. The van der Waals surface area contributed by atoms with Gasteiger partial charge in [-0.2, -0.15) is 0 Å². The second-order valence-corrected chi connectivity index (χ2v) is 6.73. The summed E-state index contributed by atoms with van der Waals surface area (Å²) in [5, 5.41) is 9.54. The van der Waals surface area contributed by atoms with Crippen molar-refractivity contribution in [1.29, 1.82) is 0 Å². The van der Waals surface area contributed by atoms with Gasteiger partial charge in [-0.05, 0) is 31.5 Å². The molecule has 1 aromatic rings. The average molecular weight is 284 g/mol. The maximum atomic E-state index is 11.9. The van der Waals surface area contributed by atoms with Crippen molar-refractivity contribution in [3.8, 4) is 0 Å². The van der Waals surface area contributed by atoms with E-state index in [0.29, 0.717) is 18.8 Å². The van der Waals surface area contributed by atoms with Gasteiger partial charge in [0.25, 0.3) is 0 Å². The van der Waals surface area contributed by atoms with Crippen molar-refractivity contribution >= 4 is 15.7 Å². The Kier molecular flexibility index (Phi) is 4.79. The number of likely N-dealkylation sites (tertiary alicyclic amines) is 1. The summed E-state index contributed by atoms with van der Waals surface area (Å²) < 4.78 is 26.4. The maximum Gasteiger partial charge on any atom is 0.233 e. The molecule has 1 fully saturated rings. The molecule has 1 heterocycles. The van der Waals surface area contributed by atoms with Crippen LogP contribution in [-0.2, 0) is 10.0 Å². The molecule has 1 unspecified atom stereocenters. The SMILES string of the molecule is O=S(=O)(CCN1CCCC(O)C1)Nc1ccccc1. The molecule has 0 amide bonds. The van der Waals surface area contributed by atoms with Crippen molar-refractivity contribution in [3.05, 3.63) is 30.3 Å². The zero-order valence-electron chi connectivity index (χ0n) is 10.8. The molecule has 19 heavy (non-hydrogen) atoms. The van der Waals surface area contributed by atoms with E-state index in [9.17, 15) is 13.5 Å². The lowest BCUT2D eigenvalue weighted by Crippen LogP contribution is -2.41. The molecule has 5 nitrogen and oxygen atoms in total. The number of piperidine rings is 1. The molecule has 2 rings (SSSR count). The third-order valence-corrected chi connectivity index (χ3v) is 4.47. The maximum absolute atomic E-state index is 11.9. The van der Waals surface area contributed by atoms with E-state index in [2.05, 4.69) is 4.72 Å². The van der Waals surface area contributed by atoms with E-state index in [-0.39, 0.29) is 11.9 Å². The largest absolute Gasteiger partial charge is 0.392 e. The summed E-state index contributed by atoms with van der Waals surface area (Å²) in [5.41, 5.74) is 0.584. The molecule has 1 saturated heterocycles. The molecule has 0 spiro atoms. The molecule has 1 aliphatic rings. The quantitative estimate of drug-likeness (QED) is 0.842. The summed E-state index contributed by atoms with van der Waals surface area (Å²) in [6, 6.07) is 8.87. The number of benzene rings is 1. The normalized spacial score (nSPS) is 21.2. The summed E-state index contributed by atoms with van der Waals surface area (Å²) >= 11 is 0. The van der Waals surface area contributed by atoms with Crippen molar-refractivity contribution in [2.45, 2.75) is 18.9 Å². The molecule has 1 aliphatic heterocycles. The highest BCUT2D eigenvalue weighted by atomic mass is 32.2. The number of nitrogens with zero attached hydrogens (tertiary/aromatic N) is 1. The van der Waals surface area contributed by atoms with Crippen molar-refractivity contribution < 1.29 is 13.5 Å². The standard InChI is InChI=1S/C13H20N2O3S/c16-13-7-4-8-15(11-13)9-10-19(17,18)14-12-5-2-1-3-6-12/h1-3,5-6,13-14,16H,4,7-11H2. The minimum absolute atomic E-state index is 0.0502. The molecule has 6 heteroatoms. The van der Waals surface area contributed by atoms with E-state index >= 15 is 0 Å². The highest BCUT2D eigenvalue weighted by Crippen LogP contribution is 2.11. The Morgan fingerprint density at radius 1 is 1.32 bits per heavy atom. The van der Waals surface area contributed by atoms with Gasteiger partial charge in [0.1, 0.15) is 0 Å². The molecular formula is C13H20N2O3S. The summed E-state index contributed by atoms with van der Waals surface area (Å²) in [6.45, 7) is 1.89. The topological polar surface area (TPSA) is 69.6 Å². The molecule has 0 aromatic heterocycles. The van der Waals surface area contributed by atoms with Crippen LogP contribution < -0.4 is 4.72 Å². The first-order chi connectivity index (χ1) is 9.05. The number of sulfonamides is 1. The lowest BCUT2D eigenvalue weighted by Gasteiger charge is -2.29. The Bertz CT molecular complexity index is 490. The van der Waals surface area contributed by atoms with E-state index in [1.165, 1.54) is 0 Å². The number of hydrogen-bond donors (Lipinski definition) is 2. The number of hydrogen-bond acceptors (Lipinski definition) is 4. The van der Waals surface area contributed by atoms with E-state index in [1.54, 1.807) is 24.3 Å². The van der Waals surface area contributed by atoms with Crippen molar-refractivity contribution in [1.82, 2.24) is 4.90 Å². The van der Waals surface area contributed by atoms with E-state index < -0.39 is 10.0 Å². The van der Waals surface area contributed by atoms with Gasteiger partial charge in [0.05, 0.1) is 11.9 Å². The van der Waals surface area contributed by atoms with Gasteiger partial charge in [0.15, 0.2) is 0 Å². The smallest absolute Gasteiger partial charge is 0.233 e. The van der Waals surface area contributed by atoms with Crippen LogP contribution in [0.1, 0.15) is 12.8 Å². The monoisotopic (exact) mass is 284 g/mol. The molecule has 1 atom stereocenters. The fraction of sp³-hybridized carbons (Fsp3) is 0.538. The number of anilines is 1. The van der Waals surface area contributed by atoms with Gasteiger partial charge in [-0.1, -0.05) is 18.2 Å². The summed E-state index contributed by atoms with van der Waals surface area (Å²) in [6.07, 6.45) is 1.41.